The number of aromatic nitrogens is 4. The van der Waals surface area contributed by atoms with Crippen molar-refractivity contribution >= 4 is 11.2 Å². The van der Waals surface area contributed by atoms with E-state index in [4.69, 9.17) is 0 Å². The summed E-state index contributed by atoms with van der Waals surface area (Å²) in [5.41, 5.74) is 2.51. The Balaban J connectivity index is 1.96. The summed E-state index contributed by atoms with van der Waals surface area (Å²) in [5, 5.41) is 0. The standard InChI is InChI=1S/C19H14N4O/c24-19-16(13-14-7-2-1-3-8-14)22-15-9-6-12-21-18(15)23(19)17-10-4-5-11-20-17/h1-12H,13H2. The zero-order valence-corrected chi connectivity index (χ0v) is 12.8. The molecule has 0 radical (unpaired) electrons. The van der Waals surface area contributed by atoms with Gasteiger partial charge in [0.05, 0.1) is 0 Å². The molecule has 24 heavy (non-hydrogen) atoms. The fourth-order valence-electron chi connectivity index (χ4n) is 2.67. The van der Waals surface area contributed by atoms with Gasteiger partial charge in [-0.1, -0.05) is 36.4 Å². The van der Waals surface area contributed by atoms with E-state index in [0.29, 0.717) is 29.1 Å². The van der Waals surface area contributed by atoms with E-state index in [1.165, 1.54) is 4.57 Å². The van der Waals surface area contributed by atoms with Gasteiger partial charge >= 0.3 is 0 Å². The number of benzene rings is 1. The van der Waals surface area contributed by atoms with Crippen molar-refractivity contribution in [2.45, 2.75) is 6.42 Å². The number of pyridine rings is 2. The maximum absolute atomic E-state index is 13.0. The average molecular weight is 314 g/mol. The van der Waals surface area contributed by atoms with Crippen LogP contribution in [0.2, 0.25) is 0 Å². The normalized spacial score (nSPS) is 10.8. The van der Waals surface area contributed by atoms with Gasteiger partial charge in [0.2, 0.25) is 0 Å². The molecule has 4 rings (SSSR count). The summed E-state index contributed by atoms with van der Waals surface area (Å²) in [7, 11) is 0. The van der Waals surface area contributed by atoms with Gasteiger partial charge in [-0.2, -0.15) is 0 Å². The second-order valence-corrected chi connectivity index (χ2v) is 5.40. The first-order valence-electron chi connectivity index (χ1n) is 7.65. The van der Waals surface area contributed by atoms with Crippen LogP contribution in [0.5, 0.6) is 0 Å². The summed E-state index contributed by atoms with van der Waals surface area (Å²) in [6.45, 7) is 0. The minimum atomic E-state index is -0.191. The van der Waals surface area contributed by atoms with Crippen LogP contribution in [-0.4, -0.2) is 19.5 Å². The van der Waals surface area contributed by atoms with Crippen molar-refractivity contribution in [3.8, 4) is 5.82 Å². The summed E-state index contributed by atoms with van der Waals surface area (Å²) in [5.74, 6) is 0.544. The topological polar surface area (TPSA) is 60.7 Å². The Hall–Kier alpha value is -3.34. The Labute approximate surface area is 138 Å². The molecule has 0 atom stereocenters. The van der Waals surface area contributed by atoms with E-state index >= 15 is 0 Å². The maximum Gasteiger partial charge on any atom is 0.280 e. The highest BCUT2D eigenvalue weighted by atomic mass is 16.1. The smallest absolute Gasteiger partial charge is 0.267 e. The first-order valence-corrected chi connectivity index (χ1v) is 7.65. The minimum absolute atomic E-state index is 0.191. The molecule has 116 valence electrons. The molecular weight excluding hydrogens is 300 g/mol. The molecule has 0 spiro atoms. The molecule has 1 aromatic carbocycles. The van der Waals surface area contributed by atoms with E-state index < -0.39 is 0 Å². The van der Waals surface area contributed by atoms with E-state index in [9.17, 15) is 4.79 Å². The fraction of sp³-hybridized carbons (Fsp3) is 0.0526. The van der Waals surface area contributed by atoms with Gasteiger partial charge in [-0.05, 0) is 29.8 Å². The molecule has 0 saturated heterocycles. The molecule has 4 aromatic rings. The highest BCUT2D eigenvalue weighted by molar-refractivity contribution is 5.71. The summed E-state index contributed by atoms with van der Waals surface area (Å²) in [6.07, 6.45) is 3.78. The van der Waals surface area contributed by atoms with Crippen LogP contribution >= 0.6 is 0 Å². The second kappa shape index (κ2) is 6.04. The molecule has 0 aliphatic rings. The Morgan fingerprint density at radius 1 is 0.833 bits per heavy atom. The van der Waals surface area contributed by atoms with Gasteiger partial charge in [0.1, 0.15) is 17.0 Å². The van der Waals surface area contributed by atoms with E-state index in [-0.39, 0.29) is 5.56 Å². The van der Waals surface area contributed by atoms with Crippen LogP contribution in [-0.2, 0) is 6.42 Å². The van der Waals surface area contributed by atoms with Crippen LogP contribution in [0.1, 0.15) is 11.3 Å². The van der Waals surface area contributed by atoms with Crippen LogP contribution in [0.15, 0.2) is 77.9 Å². The molecular formula is C19H14N4O. The van der Waals surface area contributed by atoms with Crippen molar-refractivity contribution in [1.82, 2.24) is 19.5 Å². The molecule has 0 aliphatic carbocycles. The van der Waals surface area contributed by atoms with Crippen LogP contribution in [0.25, 0.3) is 17.0 Å². The van der Waals surface area contributed by atoms with E-state index in [2.05, 4.69) is 15.0 Å². The molecule has 0 bridgehead atoms. The molecule has 5 nitrogen and oxygen atoms in total. The molecule has 0 aliphatic heterocycles. The summed E-state index contributed by atoms with van der Waals surface area (Å²) >= 11 is 0. The SMILES string of the molecule is O=c1c(Cc2ccccc2)nc2cccnc2n1-c1ccccn1. The van der Waals surface area contributed by atoms with Gasteiger partial charge in [0.25, 0.3) is 5.56 Å². The fourth-order valence-corrected chi connectivity index (χ4v) is 2.67. The monoisotopic (exact) mass is 314 g/mol. The van der Waals surface area contributed by atoms with Crippen LogP contribution in [0, 0.1) is 0 Å². The Bertz CT molecular complexity index is 1040. The summed E-state index contributed by atoms with van der Waals surface area (Å²) < 4.78 is 1.53. The molecule has 3 heterocycles. The van der Waals surface area contributed by atoms with Crippen molar-refractivity contribution in [2.75, 3.05) is 0 Å². The molecule has 0 unspecified atom stereocenters. The van der Waals surface area contributed by atoms with E-state index in [1.807, 2.05) is 54.6 Å². The lowest BCUT2D eigenvalue weighted by molar-refractivity contribution is 0.901. The highest BCUT2D eigenvalue weighted by Gasteiger charge is 2.14. The quantitative estimate of drug-likeness (QED) is 0.583. The van der Waals surface area contributed by atoms with E-state index in [0.717, 1.165) is 5.56 Å². The molecule has 0 amide bonds. The summed E-state index contributed by atoms with van der Waals surface area (Å²) in [6, 6.07) is 19.0. The van der Waals surface area contributed by atoms with Crippen molar-refractivity contribution < 1.29 is 0 Å². The lowest BCUT2D eigenvalue weighted by atomic mass is 10.1. The number of hydrogen-bond acceptors (Lipinski definition) is 4. The van der Waals surface area contributed by atoms with Gasteiger partial charge in [0.15, 0.2) is 5.65 Å². The van der Waals surface area contributed by atoms with Gasteiger partial charge in [-0.3, -0.25) is 4.79 Å². The maximum atomic E-state index is 13.0. The van der Waals surface area contributed by atoms with Crippen LogP contribution < -0.4 is 5.56 Å². The molecule has 3 aromatic heterocycles. The predicted octanol–water partition coefficient (Wildman–Crippen LogP) is 2.77. The molecule has 5 heteroatoms. The zero-order chi connectivity index (χ0) is 16.4. The van der Waals surface area contributed by atoms with Crippen molar-refractivity contribution in [3.05, 3.63) is 94.7 Å². The number of fused-ring (bicyclic) bond motifs is 1. The second-order valence-electron chi connectivity index (χ2n) is 5.40. The first kappa shape index (κ1) is 14.3. The van der Waals surface area contributed by atoms with Crippen molar-refractivity contribution in [1.29, 1.82) is 0 Å². The third kappa shape index (κ3) is 2.56. The zero-order valence-electron chi connectivity index (χ0n) is 12.8. The minimum Gasteiger partial charge on any atom is -0.267 e. The van der Waals surface area contributed by atoms with Gasteiger partial charge in [-0.15, -0.1) is 0 Å². The van der Waals surface area contributed by atoms with Gasteiger partial charge in [0, 0.05) is 18.8 Å². The Kier molecular flexibility index (Phi) is 3.59. The first-order chi connectivity index (χ1) is 11.8. The van der Waals surface area contributed by atoms with Crippen molar-refractivity contribution in [3.63, 3.8) is 0 Å². The third-order valence-electron chi connectivity index (χ3n) is 3.78. The molecule has 0 N–H and O–H groups in total. The van der Waals surface area contributed by atoms with Gasteiger partial charge in [-0.25, -0.2) is 19.5 Å². The largest absolute Gasteiger partial charge is 0.280 e. The highest BCUT2D eigenvalue weighted by Crippen LogP contribution is 2.13. The lowest BCUT2D eigenvalue weighted by Crippen LogP contribution is -2.26. The number of nitrogens with zero attached hydrogens (tertiary/aromatic N) is 4. The predicted molar refractivity (Wildman–Crippen MR) is 92.2 cm³/mol. The summed E-state index contributed by atoms with van der Waals surface area (Å²) in [4.78, 5) is 26.2. The number of rotatable bonds is 3. The van der Waals surface area contributed by atoms with E-state index in [1.54, 1.807) is 18.5 Å². The van der Waals surface area contributed by atoms with Crippen LogP contribution in [0.4, 0.5) is 0 Å². The Morgan fingerprint density at radius 2 is 1.62 bits per heavy atom. The molecule has 0 saturated carbocycles. The Morgan fingerprint density at radius 3 is 2.42 bits per heavy atom. The van der Waals surface area contributed by atoms with Crippen molar-refractivity contribution in [2.24, 2.45) is 0 Å². The number of hydrogen-bond donors (Lipinski definition) is 0. The van der Waals surface area contributed by atoms with Crippen LogP contribution in [0.3, 0.4) is 0 Å². The average Bonchev–Trinajstić information content (AvgIpc) is 2.64. The molecule has 0 fully saturated rings. The third-order valence-corrected chi connectivity index (χ3v) is 3.78. The lowest BCUT2D eigenvalue weighted by Gasteiger charge is -2.10. The van der Waals surface area contributed by atoms with Gasteiger partial charge < -0.3 is 0 Å².